The van der Waals surface area contributed by atoms with Crippen molar-refractivity contribution in [2.24, 2.45) is 4.99 Å². The van der Waals surface area contributed by atoms with Crippen LogP contribution < -0.4 is 0 Å². The van der Waals surface area contributed by atoms with Crippen molar-refractivity contribution in [1.29, 1.82) is 0 Å². The van der Waals surface area contributed by atoms with E-state index >= 15 is 0 Å². The van der Waals surface area contributed by atoms with E-state index in [-0.39, 0.29) is 10.8 Å². The third-order valence-electron chi connectivity index (χ3n) is 11.0. The second-order valence-electron chi connectivity index (χ2n) is 16.9. The molecule has 9 rings (SSSR count). The average molecular weight is 727 g/mol. The van der Waals surface area contributed by atoms with Gasteiger partial charge in [-0.3, -0.25) is 0 Å². The fourth-order valence-corrected chi connectivity index (χ4v) is 7.86. The minimum atomic E-state index is 0.0524. The van der Waals surface area contributed by atoms with Crippen molar-refractivity contribution in [3.05, 3.63) is 203 Å². The second-order valence-corrected chi connectivity index (χ2v) is 16.9. The van der Waals surface area contributed by atoms with E-state index in [1.165, 1.54) is 11.1 Å². The van der Waals surface area contributed by atoms with Gasteiger partial charge in [0, 0.05) is 44.3 Å². The molecule has 2 aromatic heterocycles. The van der Waals surface area contributed by atoms with Crippen LogP contribution in [0.5, 0.6) is 0 Å². The molecule has 0 fully saturated rings. The Balaban J connectivity index is 1.37. The number of furan rings is 1. The van der Waals surface area contributed by atoms with E-state index in [1.807, 2.05) is 6.07 Å². The van der Waals surface area contributed by atoms with Crippen molar-refractivity contribution in [2.75, 3.05) is 0 Å². The van der Waals surface area contributed by atoms with Gasteiger partial charge in [0.1, 0.15) is 11.2 Å². The third-order valence-corrected chi connectivity index (χ3v) is 11.0. The number of H-pyrrole nitrogens is 1. The minimum absolute atomic E-state index is 0.0524. The molecule has 0 aliphatic carbocycles. The highest BCUT2D eigenvalue weighted by Crippen LogP contribution is 2.46. The Hall–Kier alpha value is -6.45. The Morgan fingerprint density at radius 2 is 1.11 bits per heavy atom. The van der Waals surface area contributed by atoms with E-state index < -0.39 is 0 Å². The maximum atomic E-state index is 6.81. The Morgan fingerprint density at radius 1 is 0.536 bits per heavy atom. The van der Waals surface area contributed by atoms with E-state index in [0.29, 0.717) is 0 Å². The molecule has 0 amide bonds. The number of fused-ring (bicyclic) bond motifs is 3. The molecular formula is C53H46N2O. The van der Waals surface area contributed by atoms with Crippen LogP contribution in [0.3, 0.4) is 0 Å². The molecule has 0 atom stereocenters. The number of aliphatic imine (C=N–C) groups is 1. The number of allylic oxidation sites excluding steroid dienone is 2. The van der Waals surface area contributed by atoms with Crippen LogP contribution in [0.25, 0.3) is 55.5 Å². The molecule has 6 aromatic carbocycles. The highest BCUT2D eigenvalue weighted by molar-refractivity contribution is 6.21. The third kappa shape index (κ3) is 6.43. The zero-order valence-corrected chi connectivity index (χ0v) is 32.9. The first-order valence-electron chi connectivity index (χ1n) is 19.5. The summed E-state index contributed by atoms with van der Waals surface area (Å²) in [5.41, 5.74) is 16.8. The number of aromatic nitrogens is 1. The summed E-state index contributed by atoms with van der Waals surface area (Å²) in [6.45, 7) is 13.5. The zero-order chi connectivity index (χ0) is 38.6. The largest absolute Gasteiger partial charge is 0.455 e. The molecule has 8 aromatic rings. The van der Waals surface area contributed by atoms with Gasteiger partial charge in [0.15, 0.2) is 0 Å². The van der Waals surface area contributed by atoms with E-state index in [4.69, 9.17) is 9.41 Å². The van der Waals surface area contributed by atoms with Crippen LogP contribution in [-0.2, 0) is 10.8 Å². The Morgan fingerprint density at radius 3 is 1.75 bits per heavy atom. The summed E-state index contributed by atoms with van der Waals surface area (Å²) in [6.07, 6.45) is 2.26. The first-order valence-corrected chi connectivity index (χ1v) is 19.5. The number of para-hydroxylation sites is 2. The molecule has 274 valence electrons. The number of hydrogen-bond donors (Lipinski definition) is 1. The van der Waals surface area contributed by atoms with Gasteiger partial charge in [-0.25, -0.2) is 4.99 Å². The van der Waals surface area contributed by atoms with Crippen LogP contribution in [0.15, 0.2) is 179 Å². The second kappa shape index (κ2) is 13.7. The molecular weight excluding hydrogens is 681 g/mol. The molecule has 0 saturated heterocycles. The molecule has 3 heteroatoms. The molecule has 1 N–H and O–H groups in total. The average Bonchev–Trinajstić information content (AvgIpc) is 3.95. The fraction of sp³-hybridized carbons (Fsp3) is 0.151. The van der Waals surface area contributed by atoms with Gasteiger partial charge in [0.05, 0.1) is 17.1 Å². The highest BCUT2D eigenvalue weighted by atomic mass is 16.3. The molecule has 1 aliphatic heterocycles. The first kappa shape index (κ1) is 35.3. The Labute approximate surface area is 329 Å². The quantitative estimate of drug-likeness (QED) is 0.182. The van der Waals surface area contributed by atoms with Gasteiger partial charge < -0.3 is 9.40 Å². The summed E-state index contributed by atoms with van der Waals surface area (Å²) in [5, 5.41) is 2.17. The van der Waals surface area contributed by atoms with Gasteiger partial charge in [-0.15, -0.1) is 0 Å². The molecule has 0 unspecified atom stereocenters. The predicted octanol–water partition coefficient (Wildman–Crippen LogP) is 14.2. The van der Waals surface area contributed by atoms with E-state index in [1.54, 1.807) is 0 Å². The summed E-state index contributed by atoms with van der Waals surface area (Å²) in [6, 6.07) is 56.3. The van der Waals surface area contributed by atoms with Crippen LogP contribution in [0, 0.1) is 0 Å². The maximum absolute atomic E-state index is 6.81. The fourth-order valence-electron chi connectivity index (χ4n) is 7.86. The maximum Gasteiger partial charge on any atom is 0.143 e. The van der Waals surface area contributed by atoms with Gasteiger partial charge in [-0.05, 0) is 56.9 Å². The number of hydrogen-bond acceptors (Lipinski definition) is 2. The van der Waals surface area contributed by atoms with Gasteiger partial charge in [-0.2, -0.15) is 0 Å². The Kier molecular flexibility index (Phi) is 8.62. The number of nitrogens with zero attached hydrogens (tertiary/aromatic N) is 1. The number of benzene rings is 6. The molecule has 56 heavy (non-hydrogen) atoms. The van der Waals surface area contributed by atoms with Crippen molar-refractivity contribution < 1.29 is 4.42 Å². The van der Waals surface area contributed by atoms with Crippen molar-refractivity contribution in [1.82, 2.24) is 4.98 Å². The monoisotopic (exact) mass is 726 g/mol. The van der Waals surface area contributed by atoms with Crippen LogP contribution in [0.2, 0.25) is 0 Å². The lowest BCUT2D eigenvalue weighted by Gasteiger charge is -2.19. The molecule has 0 radical (unpaired) electrons. The standard InChI is InChI=1S/C53H46N2O/c1-52(2,3)38-28-24-36(25-29-38)45-32-43(34-16-9-7-10-17-34)49(54-45)48(42-22-15-21-41-40-20-13-14-23-47(40)56-51(41)42)50-44(35-18-11-8-12-19-35)33-46(55-50)37-26-30-39(31-27-37)53(4,5)6/h7-33,54H,1-6H3/b50-48-. The van der Waals surface area contributed by atoms with Gasteiger partial charge in [-0.1, -0.05) is 187 Å². The number of nitrogens with one attached hydrogen (secondary N) is 1. The van der Waals surface area contributed by atoms with Crippen LogP contribution in [0.1, 0.15) is 75.1 Å². The van der Waals surface area contributed by atoms with Gasteiger partial charge in [0.25, 0.3) is 0 Å². The molecule has 3 nitrogen and oxygen atoms in total. The van der Waals surface area contributed by atoms with Gasteiger partial charge in [0.2, 0.25) is 0 Å². The van der Waals surface area contributed by atoms with E-state index in [9.17, 15) is 0 Å². The normalized spacial score (nSPS) is 14.3. The lowest BCUT2D eigenvalue weighted by Crippen LogP contribution is -2.11. The molecule has 0 saturated carbocycles. The van der Waals surface area contributed by atoms with Crippen molar-refractivity contribution in [2.45, 2.75) is 52.4 Å². The molecule has 0 bridgehead atoms. The number of aromatic amines is 1. The molecule has 1 aliphatic rings. The van der Waals surface area contributed by atoms with Crippen LogP contribution >= 0.6 is 0 Å². The first-order chi connectivity index (χ1) is 27.0. The summed E-state index contributed by atoms with van der Waals surface area (Å²) in [7, 11) is 0. The smallest absolute Gasteiger partial charge is 0.143 e. The topological polar surface area (TPSA) is 41.3 Å². The SMILES string of the molecule is CC(C)(C)c1ccc(C2=N/C(=C(\c3[nH]c(-c4ccc(C(C)(C)C)cc4)cc3-c3ccccc3)c3cccc4c3oc3ccccc34)C(c3ccccc3)=C2)cc1. The summed E-state index contributed by atoms with van der Waals surface area (Å²) >= 11 is 0. The Bertz CT molecular complexity index is 2810. The molecule has 0 spiro atoms. The highest BCUT2D eigenvalue weighted by Gasteiger charge is 2.29. The van der Waals surface area contributed by atoms with Crippen LogP contribution in [0.4, 0.5) is 0 Å². The minimum Gasteiger partial charge on any atom is -0.455 e. The van der Waals surface area contributed by atoms with E-state index in [0.717, 1.165) is 89.3 Å². The van der Waals surface area contributed by atoms with Gasteiger partial charge >= 0.3 is 0 Å². The lowest BCUT2D eigenvalue weighted by molar-refractivity contribution is 0.590. The predicted molar refractivity (Wildman–Crippen MR) is 236 cm³/mol. The zero-order valence-electron chi connectivity index (χ0n) is 32.9. The summed E-state index contributed by atoms with van der Waals surface area (Å²) < 4.78 is 6.81. The summed E-state index contributed by atoms with van der Waals surface area (Å²) in [4.78, 5) is 9.60. The number of rotatable bonds is 6. The van der Waals surface area contributed by atoms with Crippen LogP contribution in [-0.4, -0.2) is 10.7 Å². The summed E-state index contributed by atoms with van der Waals surface area (Å²) in [5.74, 6) is 0. The van der Waals surface area contributed by atoms with Crippen molar-refractivity contribution in [3.63, 3.8) is 0 Å². The van der Waals surface area contributed by atoms with Crippen molar-refractivity contribution >= 4 is 38.8 Å². The van der Waals surface area contributed by atoms with Crippen molar-refractivity contribution in [3.8, 4) is 22.4 Å². The lowest BCUT2D eigenvalue weighted by atomic mass is 9.86. The van der Waals surface area contributed by atoms with E-state index in [2.05, 4.69) is 204 Å². The molecule has 3 heterocycles.